The fourth-order valence-electron chi connectivity index (χ4n) is 2.43. The lowest BCUT2D eigenvalue weighted by Crippen LogP contribution is -2.30. The van der Waals surface area contributed by atoms with E-state index in [1.165, 1.54) is 24.8 Å². The first-order valence-electron chi connectivity index (χ1n) is 4.39. The number of hydrogen-bond donors (Lipinski definition) is 0. The van der Waals surface area contributed by atoms with Gasteiger partial charge in [-0.1, -0.05) is 6.58 Å². The van der Waals surface area contributed by atoms with Crippen molar-refractivity contribution in [1.82, 2.24) is 0 Å². The normalized spacial score (nSPS) is 47.1. The van der Waals surface area contributed by atoms with Crippen LogP contribution in [0.15, 0.2) is 12.2 Å². The fourth-order valence-corrected chi connectivity index (χ4v) is 2.43. The zero-order chi connectivity index (χ0) is 8.06. The SMILES string of the molecule is C=C(C)[C@]1(OC)C[C@H]2C[C@H]2C1. The molecular formula is C10H16O. The van der Waals surface area contributed by atoms with E-state index < -0.39 is 0 Å². The molecule has 0 aromatic heterocycles. The van der Waals surface area contributed by atoms with Crippen LogP contribution in [0, 0.1) is 11.8 Å². The van der Waals surface area contributed by atoms with E-state index in [0.717, 1.165) is 11.8 Å². The molecule has 1 nitrogen and oxygen atoms in total. The lowest BCUT2D eigenvalue weighted by molar-refractivity contribution is 0.0182. The van der Waals surface area contributed by atoms with Crippen LogP contribution in [0.4, 0.5) is 0 Å². The van der Waals surface area contributed by atoms with E-state index in [-0.39, 0.29) is 5.60 Å². The molecule has 0 spiro atoms. The van der Waals surface area contributed by atoms with Gasteiger partial charge < -0.3 is 4.74 Å². The molecular weight excluding hydrogens is 136 g/mol. The molecule has 0 radical (unpaired) electrons. The van der Waals surface area contributed by atoms with E-state index in [9.17, 15) is 0 Å². The van der Waals surface area contributed by atoms with Crippen molar-refractivity contribution in [2.45, 2.75) is 31.8 Å². The summed E-state index contributed by atoms with van der Waals surface area (Å²) in [6.07, 6.45) is 3.89. The van der Waals surface area contributed by atoms with Gasteiger partial charge in [0.2, 0.25) is 0 Å². The molecule has 0 aromatic carbocycles. The average Bonchev–Trinajstić information content (AvgIpc) is 2.59. The summed E-state index contributed by atoms with van der Waals surface area (Å²) in [7, 11) is 1.82. The smallest absolute Gasteiger partial charge is 0.0887 e. The van der Waals surface area contributed by atoms with Crippen LogP contribution in [0.2, 0.25) is 0 Å². The van der Waals surface area contributed by atoms with E-state index in [4.69, 9.17) is 4.74 Å². The van der Waals surface area contributed by atoms with Gasteiger partial charge in [-0.25, -0.2) is 0 Å². The number of fused-ring (bicyclic) bond motifs is 1. The summed E-state index contributed by atoms with van der Waals surface area (Å²) >= 11 is 0. The van der Waals surface area contributed by atoms with Crippen LogP contribution >= 0.6 is 0 Å². The van der Waals surface area contributed by atoms with Crippen LogP contribution in [0.3, 0.4) is 0 Å². The van der Waals surface area contributed by atoms with Gasteiger partial charge in [0.1, 0.15) is 0 Å². The van der Waals surface area contributed by atoms with Gasteiger partial charge >= 0.3 is 0 Å². The van der Waals surface area contributed by atoms with Crippen molar-refractivity contribution < 1.29 is 4.74 Å². The molecule has 0 amide bonds. The molecule has 2 aliphatic carbocycles. The van der Waals surface area contributed by atoms with Crippen LogP contribution in [0.1, 0.15) is 26.2 Å². The highest BCUT2D eigenvalue weighted by Crippen LogP contribution is 2.58. The van der Waals surface area contributed by atoms with Gasteiger partial charge in [0, 0.05) is 7.11 Å². The lowest BCUT2D eigenvalue weighted by Gasteiger charge is -2.29. The summed E-state index contributed by atoms with van der Waals surface area (Å²) in [5.74, 6) is 1.93. The number of methoxy groups -OCH3 is 1. The van der Waals surface area contributed by atoms with Crippen molar-refractivity contribution >= 4 is 0 Å². The minimum absolute atomic E-state index is 0.0631. The minimum Gasteiger partial charge on any atom is -0.374 e. The zero-order valence-corrected chi connectivity index (χ0v) is 7.39. The van der Waals surface area contributed by atoms with E-state index >= 15 is 0 Å². The van der Waals surface area contributed by atoms with Gasteiger partial charge in [0.05, 0.1) is 5.60 Å². The molecule has 1 heteroatoms. The highest BCUT2D eigenvalue weighted by molar-refractivity contribution is 5.19. The molecule has 0 saturated heterocycles. The first kappa shape index (κ1) is 7.35. The molecule has 3 atom stereocenters. The third kappa shape index (κ3) is 0.943. The van der Waals surface area contributed by atoms with Crippen LogP contribution in [0.5, 0.6) is 0 Å². The van der Waals surface area contributed by atoms with Gasteiger partial charge in [0.25, 0.3) is 0 Å². The molecule has 62 valence electrons. The van der Waals surface area contributed by atoms with E-state index in [0.29, 0.717) is 0 Å². The molecule has 11 heavy (non-hydrogen) atoms. The van der Waals surface area contributed by atoms with Gasteiger partial charge in [0.15, 0.2) is 0 Å². The Morgan fingerprint density at radius 1 is 1.45 bits per heavy atom. The summed E-state index contributed by atoms with van der Waals surface area (Å²) in [4.78, 5) is 0. The molecule has 0 unspecified atom stereocenters. The second kappa shape index (κ2) is 2.10. The molecule has 0 aromatic rings. The molecule has 2 saturated carbocycles. The Morgan fingerprint density at radius 3 is 2.27 bits per heavy atom. The molecule has 0 aliphatic heterocycles. The van der Waals surface area contributed by atoms with Crippen molar-refractivity contribution in [2.75, 3.05) is 7.11 Å². The second-order valence-corrected chi connectivity index (χ2v) is 4.14. The number of ether oxygens (including phenoxy) is 1. The molecule has 2 fully saturated rings. The quantitative estimate of drug-likeness (QED) is 0.552. The van der Waals surface area contributed by atoms with Crippen molar-refractivity contribution in [3.05, 3.63) is 12.2 Å². The minimum atomic E-state index is 0.0631. The predicted octanol–water partition coefficient (Wildman–Crippen LogP) is 2.38. The number of rotatable bonds is 2. The first-order valence-corrected chi connectivity index (χ1v) is 4.39. The van der Waals surface area contributed by atoms with Crippen molar-refractivity contribution in [2.24, 2.45) is 11.8 Å². The van der Waals surface area contributed by atoms with E-state index in [1.54, 1.807) is 0 Å². The molecule has 2 rings (SSSR count). The zero-order valence-electron chi connectivity index (χ0n) is 7.39. The third-order valence-corrected chi connectivity index (χ3v) is 3.42. The van der Waals surface area contributed by atoms with Gasteiger partial charge in [-0.3, -0.25) is 0 Å². The van der Waals surface area contributed by atoms with E-state index in [1.807, 2.05) is 7.11 Å². The molecule has 2 aliphatic rings. The average molecular weight is 152 g/mol. The Bertz CT molecular complexity index is 185. The highest BCUT2D eigenvalue weighted by atomic mass is 16.5. The largest absolute Gasteiger partial charge is 0.374 e. The lowest BCUT2D eigenvalue weighted by atomic mass is 9.90. The van der Waals surface area contributed by atoms with Crippen LogP contribution in [-0.2, 0) is 4.74 Å². The Morgan fingerprint density at radius 2 is 2.00 bits per heavy atom. The summed E-state index contributed by atoms with van der Waals surface area (Å²) in [5.41, 5.74) is 1.28. The molecule has 0 bridgehead atoms. The van der Waals surface area contributed by atoms with Crippen molar-refractivity contribution in [1.29, 1.82) is 0 Å². The maximum absolute atomic E-state index is 5.56. The summed E-state index contributed by atoms with van der Waals surface area (Å²) < 4.78 is 5.56. The van der Waals surface area contributed by atoms with Gasteiger partial charge in [-0.15, -0.1) is 0 Å². The fraction of sp³-hybridized carbons (Fsp3) is 0.800. The van der Waals surface area contributed by atoms with Crippen molar-refractivity contribution in [3.8, 4) is 0 Å². The third-order valence-electron chi connectivity index (χ3n) is 3.42. The van der Waals surface area contributed by atoms with Gasteiger partial charge in [-0.05, 0) is 43.6 Å². The monoisotopic (exact) mass is 152 g/mol. The standard InChI is InChI=1S/C10H16O/c1-7(2)10(11-3)5-8-4-9(8)6-10/h8-9H,1,4-6H2,2-3H3/t8-,9+,10+. The predicted molar refractivity (Wildman–Crippen MR) is 45.4 cm³/mol. The Kier molecular flexibility index (Phi) is 1.40. The summed E-state index contributed by atoms with van der Waals surface area (Å²) in [5, 5.41) is 0. The van der Waals surface area contributed by atoms with Crippen LogP contribution in [0.25, 0.3) is 0 Å². The van der Waals surface area contributed by atoms with Crippen molar-refractivity contribution in [3.63, 3.8) is 0 Å². The Balaban J connectivity index is 2.13. The molecule has 0 heterocycles. The maximum atomic E-state index is 5.56. The maximum Gasteiger partial charge on any atom is 0.0887 e. The van der Waals surface area contributed by atoms with E-state index in [2.05, 4.69) is 13.5 Å². The number of hydrogen-bond acceptors (Lipinski definition) is 1. The summed E-state index contributed by atoms with van der Waals surface area (Å²) in [6.45, 7) is 6.10. The topological polar surface area (TPSA) is 9.23 Å². The highest BCUT2D eigenvalue weighted by Gasteiger charge is 2.54. The van der Waals surface area contributed by atoms with Crippen LogP contribution in [-0.4, -0.2) is 12.7 Å². The first-order chi connectivity index (χ1) is 5.18. The Labute approximate surface area is 68.4 Å². The van der Waals surface area contributed by atoms with Gasteiger partial charge in [-0.2, -0.15) is 0 Å². The second-order valence-electron chi connectivity index (χ2n) is 4.14. The molecule has 0 N–H and O–H groups in total. The Hall–Kier alpha value is -0.300. The summed E-state index contributed by atoms with van der Waals surface area (Å²) in [6, 6.07) is 0. The van der Waals surface area contributed by atoms with Crippen LogP contribution < -0.4 is 0 Å².